The van der Waals surface area contributed by atoms with Crippen molar-refractivity contribution in [3.8, 4) is 16.9 Å². The number of benzene rings is 2. The van der Waals surface area contributed by atoms with Crippen LogP contribution >= 0.6 is 0 Å². The van der Waals surface area contributed by atoms with Crippen LogP contribution in [0.5, 0.6) is 5.75 Å². The van der Waals surface area contributed by atoms with E-state index in [2.05, 4.69) is 17.3 Å². The van der Waals surface area contributed by atoms with Crippen LogP contribution in [0.15, 0.2) is 59.8 Å². The molecule has 0 heterocycles. The molecule has 0 fully saturated rings. The van der Waals surface area contributed by atoms with Crippen LogP contribution in [0.25, 0.3) is 11.1 Å². The van der Waals surface area contributed by atoms with Crippen LogP contribution in [0.4, 0.5) is 0 Å². The molecule has 2 rings (SSSR count). The maximum atomic E-state index is 8.47. The Kier molecular flexibility index (Phi) is 5.00. The van der Waals surface area contributed by atoms with Gasteiger partial charge in [-0.15, -0.1) is 0 Å². The largest absolute Gasteiger partial charge is 0.493 e. The number of hydrogen-bond acceptors (Lipinski definition) is 3. The van der Waals surface area contributed by atoms with Crippen LogP contribution in [0, 0.1) is 0 Å². The average molecular weight is 270 g/mol. The highest BCUT2D eigenvalue weighted by molar-refractivity contribution is 5.79. The van der Waals surface area contributed by atoms with Gasteiger partial charge in [0.2, 0.25) is 0 Å². The second kappa shape index (κ2) is 7.19. The Morgan fingerprint density at radius 3 is 2.50 bits per heavy atom. The Morgan fingerprint density at radius 1 is 1.05 bits per heavy atom. The van der Waals surface area contributed by atoms with Gasteiger partial charge in [-0.2, -0.15) is 0 Å². The van der Waals surface area contributed by atoms with Gasteiger partial charge in [0.15, 0.2) is 0 Å². The minimum Gasteiger partial charge on any atom is -0.493 e. The molecule has 104 valence electrons. The van der Waals surface area contributed by atoms with Crippen molar-refractivity contribution < 1.29 is 9.94 Å². The highest BCUT2D eigenvalue weighted by Crippen LogP contribution is 2.29. The van der Waals surface area contributed by atoms with Crippen LogP contribution in [0.3, 0.4) is 0 Å². The third-order valence-electron chi connectivity index (χ3n) is 2.94. The van der Waals surface area contributed by atoms with Gasteiger partial charge in [0.05, 0.1) is 6.61 Å². The molecular weight excluding hydrogens is 252 g/mol. The predicted molar refractivity (Wildman–Crippen MR) is 80.0 cm³/mol. The molecule has 0 radical (unpaired) electrons. The average Bonchev–Trinajstić information content (AvgIpc) is 2.52. The summed E-state index contributed by atoms with van der Waals surface area (Å²) < 4.78 is 5.79. The number of nitrogens with zero attached hydrogens (tertiary/aromatic N) is 1. The molecule has 4 nitrogen and oxygen atoms in total. The normalized spacial score (nSPS) is 11.3. The zero-order valence-electron chi connectivity index (χ0n) is 11.2. The van der Waals surface area contributed by atoms with Crippen molar-refractivity contribution in [3.63, 3.8) is 0 Å². The molecule has 0 saturated carbocycles. The monoisotopic (exact) mass is 270 g/mol. The molecule has 3 N–H and O–H groups in total. The predicted octanol–water partition coefficient (Wildman–Crippen LogP) is 3.26. The molecule has 0 atom stereocenters. The number of amidine groups is 1. The molecule has 0 spiro atoms. The Bertz CT molecular complexity index is 568. The molecular formula is C16H18N2O2. The number of oxime groups is 1. The molecule has 4 heteroatoms. The van der Waals surface area contributed by atoms with E-state index in [9.17, 15) is 0 Å². The number of ether oxygens (including phenoxy) is 1. The highest BCUT2D eigenvalue weighted by atomic mass is 16.5. The van der Waals surface area contributed by atoms with Crippen LogP contribution in [-0.2, 0) is 0 Å². The van der Waals surface area contributed by atoms with E-state index in [1.807, 2.05) is 42.5 Å². The van der Waals surface area contributed by atoms with Crippen molar-refractivity contribution >= 4 is 5.84 Å². The summed E-state index contributed by atoms with van der Waals surface area (Å²) in [6, 6.07) is 18.0. The molecule has 0 saturated heterocycles. The van der Waals surface area contributed by atoms with E-state index in [4.69, 9.17) is 15.7 Å². The van der Waals surface area contributed by atoms with Crippen LogP contribution in [-0.4, -0.2) is 17.6 Å². The molecule has 2 aromatic carbocycles. The fraction of sp³-hybridized carbons (Fsp3) is 0.188. The topological polar surface area (TPSA) is 67.8 Å². The van der Waals surface area contributed by atoms with Gasteiger partial charge in [-0.3, -0.25) is 0 Å². The van der Waals surface area contributed by atoms with Crippen LogP contribution < -0.4 is 10.5 Å². The summed E-state index contributed by atoms with van der Waals surface area (Å²) in [6.45, 7) is 0.528. The quantitative estimate of drug-likeness (QED) is 0.278. The van der Waals surface area contributed by atoms with E-state index < -0.39 is 0 Å². The zero-order chi connectivity index (χ0) is 14.2. The SMILES string of the molecule is N/C(CCCOc1ccccc1-c1ccccc1)=N\O. The van der Waals surface area contributed by atoms with E-state index in [-0.39, 0.29) is 5.84 Å². The van der Waals surface area contributed by atoms with Crippen LogP contribution in [0.2, 0.25) is 0 Å². The lowest BCUT2D eigenvalue weighted by Gasteiger charge is -2.11. The Morgan fingerprint density at radius 2 is 1.75 bits per heavy atom. The zero-order valence-corrected chi connectivity index (χ0v) is 11.2. The number of nitrogens with two attached hydrogens (primary N) is 1. The van der Waals surface area contributed by atoms with Crippen molar-refractivity contribution in [2.75, 3.05) is 6.61 Å². The van der Waals surface area contributed by atoms with Gasteiger partial charge < -0.3 is 15.7 Å². The van der Waals surface area contributed by atoms with Gasteiger partial charge in [0, 0.05) is 12.0 Å². The fourth-order valence-electron chi connectivity index (χ4n) is 1.93. The number of hydrogen-bond donors (Lipinski definition) is 2. The van der Waals surface area contributed by atoms with Gasteiger partial charge in [-0.25, -0.2) is 0 Å². The fourth-order valence-corrected chi connectivity index (χ4v) is 1.93. The second-order valence-electron chi connectivity index (χ2n) is 4.41. The third-order valence-corrected chi connectivity index (χ3v) is 2.94. The smallest absolute Gasteiger partial charge is 0.139 e. The molecule has 0 aromatic heterocycles. The van der Waals surface area contributed by atoms with E-state index in [0.717, 1.165) is 16.9 Å². The summed E-state index contributed by atoms with van der Waals surface area (Å²) in [5, 5.41) is 11.4. The second-order valence-corrected chi connectivity index (χ2v) is 4.41. The first kappa shape index (κ1) is 13.9. The third kappa shape index (κ3) is 3.75. The lowest BCUT2D eigenvalue weighted by molar-refractivity contribution is 0.306. The first-order valence-electron chi connectivity index (χ1n) is 6.55. The summed E-state index contributed by atoms with van der Waals surface area (Å²) in [6.07, 6.45) is 1.23. The number of rotatable bonds is 6. The minimum absolute atomic E-state index is 0.227. The number of para-hydroxylation sites is 1. The molecule has 0 bridgehead atoms. The summed E-state index contributed by atoms with van der Waals surface area (Å²) in [4.78, 5) is 0. The Labute approximate surface area is 118 Å². The van der Waals surface area contributed by atoms with E-state index in [0.29, 0.717) is 19.4 Å². The van der Waals surface area contributed by atoms with Gasteiger partial charge in [-0.1, -0.05) is 53.7 Å². The molecule has 0 aliphatic carbocycles. The lowest BCUT2D eigenvalue weighted by Crippen LogP contribution is -2.12. The highest BCUT2D eigenvalue weighted by Gasteiger charge is 2.05. The first-order valence-corrected chi connectivity index (χ1v) is 6.55. The van der Waals surface area contributed by atoms with Crippen molar-refractivity contribution in [2.45, 2.75) is 12.8 Å². The maximum Gasteiger partial charge on any atom is 0.139 e. The van der Waals surface area contributed by atoms with Crippen LogP contribution in [0.1, 0.15) is 12.8 Å². The van der Waals surface area contributed by atoms with Crippen molar-refractivity contribution in [1.29, 1.82) is 0 Å². The Balaban J connectivity index is 2.02. The first-order chi connectivity index (χ1) is 9.81. The summed E-state index contributed by atoms with van der Waals surface area (Å²) in [7, 11) is 0. The van der Waals surface area contributed by atoms with Crippen molar-refractivity contribution in [1.82, 2.24) is 0 Å². The van der Waals surface area contributed by atoms with E-state index in [1.54, 1.807) is 0 Å². The standard InChI is InChI=1S/C16H18N2O2/c17-16(18-19)11-6-12-20-15-10-5-4-9-14(15)13-7-2-1-3-8-13/h1-5,7-10,19H,6,11-12H2,(H2,17,18). The molecule has 0 aliphatic heterocycles. The Hall–Kier alpha value is -2.49. The van der Waals surface area contributed by atoms with Gasteiger partial charge in [0.1, 0.15) is 11.6 Å². The molecule has 20 heavy (non-hydrogen) atoms. The van der Waals surface area contributed by atoms with E-state index in [1.165, 1.54) is 0 Å². The molecule has 0 unspecified atom stereocenters. The molecule has 2 aromatic rings. The van der Waals surface area contributed by atoms with Crippen molar-refractivity contribution in [2.24, 2.45) is 10.9 Å². The van der Waals surface area contributed by atoms with Gasteiger partial charge in [-0.05, 0) is 18.1 Å². The van der Waals surface area contributed by atoms with Gasteiger partial charge in [0.25, 0.3) is 0 Å². The summed E-state index contributed by atoms with van der Waals surface area (Å²) in [5.74, 6) is 1.07. The molecule has 0 amide bonds. The summed E-state index contributed by atoms with van der Waals surface area (Å²) in [5.41, 5.74) is 7.61. The lowest BCUT2D eigenvalue weighted by atomic mass is 10.1. The minimum atomic E-state index is 0.227. The van der Waals surface area contributed by atoms with E-state index >= 15 is 0 Å². The van der Waals surface area contributed by atoms with Crippen molar-refractivity contribution in [3.05, 3.63) is 54.6 Å². The maximum absolute atomic E-state index is 8.47. The molecule has 0 aliphatic rings. The summed E-state index contributed by atoms with van der Waals surface area (Å²) >= 11 is 0. The van der Waals surface area contributed by atoms with Gasteiger partial charge >= 0.3 is 0 Å².